The lowest BCUT2D eigenvalue weighted by atomic mass is 9.92. The highest BCUT2D eigenvalue weighted by Gasteiger charge is 2.39. The van der Waals surface area contributed by atoms with Gasteiger partial charge in [0.15, 0.2) is 6.10 Å². The maximum Gasteiger partial charge on any atom is 0.306 e. The van der Waals surface area contributed by atoms with Crippen LogP contribution in [0.4, 0.5) is 5.69 Å². The highest BCUT2D eigenvalue weighted by molar-refractivity contribution is 7.09. The van der Waals surface area contributed by atoms with Crippen molar-refractivity contribution in [3.8, 4) is 5.75 Å². The first-order chi connectivity index (χ1) is 50.2. The van der Waals surface area contributed by atoms with Crippen LogP contribution in [0.3, 0.4) is 0 Å². The summed E-state index contributed by atoms with van der Waals surface area (Å²) in [4.78, 5) is 175. The molecule has 10 amide bonds. The molecule has 1 aliphatic rings. The van der Waals surface area contributed by atoms with Gasteiger partial charge in [0.25, 0.3) is 17.7 Å². The minimum Gasteiger partial charge on any atom is -0.506 e. The van der Waals surface area contributed by atoms with Crippen LogP contribution in [0, 0.1) is 17.8 Å². The number of aliphatic carboxylic acids is 2. The number of benzene rings is 1. The van der Waals surface area contributed by atoms with Crippen molar-refractivity contribution in [3.05, 3.63) is 52.0 Å². The topological polar surface area (TPSA) is 445 Å². The van der Waals surface area contributed by atoms with Crippen molar-refractivity contribution in [3.63, 3.8) is 0 Å². The molecule has 33 nitrogen and oxygen atoms in total. The highest BCUT2D eigenvalue weighted by atomic mass is 32.1. The Morgan fingerprint density at radius 3 is 1.81 bits per heavy atom. The molecule has 0 aliphatic carbocycles. The Morgan fingerprint density at radius 2 is 1.24 bits per heavy atom. The zero-order valence-corrected chi connectivity index (χ0v) is 64.0. The summed E-state index contributed by atoms with van der Waals surface area (Å²) in [6.45, 7) is 16.7. The Balaban J connectivity index is 1.54. The normalized spacial score (nSPS) is 14.1. The first-order valence-electron chi connectivity index (χ1n) is 36.0. The first kappa shape index (κ1) is 91.7. The van der Waals surface area contributed by atoms with E-state index in [0.29, 0.717) is 38.0 Å². The molecule has 2 aromatic rings. The number of aromatic nitrogens is 1. The van der Waals surface area contributed by atoms with Crippen LogP contribution in [-0.2, 0) is 92.4 Å². The number of phenolic OH excluding ortho intramolecular Hbond substituents is 1. The number of unbranched alkanes of at least 4 members (excludes halogenated alkanes) is 1. The smallest absolute Gasteiger partial charge is 0.306 e. The molecular formula is C72H113N11O22S. The minimum absolute atomic E-state index is 0.00304. The standard InChI is InChI=1S/C72H113N11O22S/c1-12-47(4)65(80-71(99)72(7,8)81(9)10)69(96)82(11)55(46(2)3)44-57(105-49(6)84)68-79-54(45-106-68)67(95)76-51(41-48(5)70(97)98)42-50-20-21-56(85)53(43-50)78-60(88)18-15-28-75-66(94)52(77-61(89)19-16-30-83-62(90)22-23-63(83)91)17-13-14-27-73-58(86)24-31-100-35-38-103-34-29-74-59(87)25-32-101-36-39-104-40-37-102-33-26-64(92)93/h20-23,43,45-48,51-52,55,57,65,85H,12-19,24-42,44H2,1-11H3,(H,73,86)(H,74,87)(H,75,94)(H,76,95)(H,77,89)(H,78,88)(H,80,99)(H,92,93)(H,97,98)/t47-,48?,51+,52-,55+,57+,65-/m0/s1. The van der Waals surface area contributed by atoms with E-state index < -0.39 is 95.1 Å². The van der Waals surface area contributed by atoms with Crippen LogP contribution in [0.25, 0.3) is 0 Å². The number of nitrogens with one attached hydrogen (secondary N) is 7. The van der Waals surface area contributed by atoms with E-state index >= 15 is 0 Å². The molecular weight excluding hydrogens is 1400 g/mol. The molecule has 10 N–H and O–H groups in total. The number of carbonyl (C=O) groups is 13. The summed E-state index contributed by atoms with van der Waals surface area (Å²) in [5.41, 5.74) is -0.458. The molecule has 0 bridgehead atoms. The zero-order valence-electron chi connectivity index (χ0n) is 63.2. The molecule has 1 aromatic carbocycles. The number of thiazole rings is 1. The first-order valence-corrected chi connectivity index (χ1v) is 36.9. The summed E-state index contributed by atoms with van der Waals surface area (Å²) in [6, 6.07) is 1.11. The maximum atomic E-state index is 14.4. The van der Waals surface area contributed by atoms with E-state index in [2.05, 4.69) is 42.2 Å². The van der Waals surface area contributed by atoms with Gasteiger partial charge in [0.05, 0.1) is 89.6 Å². The number of amides is 10. The summed E-state index contributed by atoms with van der Waals surface area (Å²) in [7, 11) is 5.19. The number of carbonyl (C=O) groups excluding carboxylic acids is 11. The van der Waals surface area contributed by atoms with Gasteiger partial charge in [-0.25, -0.2) is 4.98 Å². The largest absolute Gasteiger partial charge is 0.506 e. The van der Waals surface area contributed by atoms with Crippen molar-refractivity contribution in [1.29, 1.82) is 0 Å². The number of hydrogen-bond donors (Lipinski definition) is 10. The molecule has 1 aromatic heterocycles. The third-order valence-electron chi connectivity index (χ3n) is 17.6. The summed E-state index contributed by atoms with van der Waals surface area (Å²) in [5.74, 6) is -8.71. The van der Waals surface area contributed by atoms with Crippen LogP contribution in [-0.4, -0.2) is 255 Å². The Kier molecular flexibility index (Phi) is 42.7. The van der Waals surface area contributed by atoms with Gasteiger partial charge in [0.2, 0.25) is 41.4 Å². The fourth-order valence-electron chi connectivity index (χ4n) is 10.6. The number of phenols is 1. The summed E-state index contributed by atoms with van der Waals surface area (Å²) < 4.78 is 32.6. The molecule has 0 fully saturated rings. The van der Waals surface area contributed by atoms with Crippen molar-refractivity contribution in [2.75, 3.05) is 119 Å². The third-order valence-corrected chi connectivity index (χ3v) is 18.5. The lowest BCUT2D eigenvalue weighted by Crippen LogP contribution is -2.60. The molecule has 34 heteroatoms. The fraction of sp³-hybridized carbons (Fsp3) is 0.667. The van der Waals surface area contributed by atoms with Crippen molar-refractivity contribution >= 4 is 94.0 Å². The maximum absolute atomic E-state index is 14.4. The molecule has 2 heterocycles. The van der Waals surface area contributed by atoms with E-state index in [1.807, 2.05) is 27.7 Å². The molecule has 3 rings (SSSR count). The van der Waals surface area contributed by atoms with Crippen LogP contribution in [0.5, 0.6) is 5.75 Å². The van der Waals surface area contributed by atoms with Crippen molar-refractivity contribution in [2.45, 2.75) is 181 Å². The van der Waals surface area contributed by atoms with Gasteiger partial charge in [-0.2, -0.15) is 0 Å². The Hall–Kier alpha value is -8.54. The molecule has 0 saturated heterocycles. The lowest BCUT2D eigenvalue weighted by molar-refractivity contribution is -0.149. The van der Waals surface area contributed by atoms with E-state index in [4.69, 9.17) is 33.5 Å². The van der Waals surface area contributed by atoms with Gasteiger partial charge >= 0.3 is 17.9 Å². The van der Waals surface area contributed by atoms with E-state index in [-0.39, 0.29) is 207 Å². The van der Waals surface area contributed by atoms with Crippen LogP contribution in [0.1, 0.15) is 166 Å². The molecule has 7 atom stereocenters. The number of ether oxygens (including phenoxy) is 6. The summed E-state index contributed by atoms with van der Waals surface area (Å²) in [6.07, 6.45) is 3.11. The quantitative estimate of drug-likeness (QED) is 0.0196. The Labute approximate surface area is 624 Å². The monoisotopic (exact) mass is 1520 g/mol. The van der Waals surface area contributed by atoms with Crippen LogP contribution < -0.4 is 37.2 Å². The molecule has 1 unspecified atom stereocenters. The second-order valence-corrected chi connectivity index (χ2v) is 27.8. The molecule has 1 aliphatic heterocycles. The van der Waals surface area contributed by atoms with Crippen LogP contribution in [0.15, 0.2) is 35.7 Å². The predicted molar refractivity (Wildman–Crippen MR) is 390 cm³/mol. The number of rotatable bonds is 56. The Bertz CT molecular complexity index is 3200. The second-order valence-electron chi connectivity index (χ2n) is 26.9. The summed E-state index contributed by atoms with van der Waals surface area (Å²) >= 11 is 1.06. The number of nitrogens with zero attached hydrogens (tertiary/aromatic N) is 4. The van der Waals surface area contributed by atoms with E-state index in [9.17, 15) is 72.5 Å². The van der Waals surface area contributed by atoms with E-state index in [1.54, 1.807) is 50.9 Å². The molecule has 106 heavy (non-hydrogen) atoms. The number of aromatic hydroxyl groups is 1. The number of hydrogen-bond acceptors (Lipinski definition) is 23. The number of likely N-dealkylation sites (N-methyl/N-ethyl adjacent to an activating group) is 2. The average molecular weight is 1520 g/mol. The van der Waals surface area contributed by atoms with Crippen molar-refractivity contribution in [1.82, 2.24) is 51.6 Å². The lowest BCUT2D eigenvalue weighted by Gasteiger charge is -2.38. The zero-order chi connectivity index (χ0) is 78.9. The number of anilines is 1. The van der Waals surface area contributed by atoms with Gasteiger partial charge < -0.3 is 85.9 Å². The minimum atomic E-state index is -1.12. The predicted octanol–water partition coefficient (Wildman–Crippen LogP) is 3.41. The number of carboxylic acid groups (broad SMARTS) is 2. The number of esters is 1. The summed E-state index contributed by atoms with van der Waals surface area (Å²) in [5, 5.41) is 50.7. The van der Waals surface area contributed by atoms with Crippen molar-refractivity contribution in [2.24, 2.45) is 17.8 Å². The average Bonchev–Trinajstić information content (AvgIpc) is 0.981. The second kappa shape index (κ2) is 49.4. The van der Waals surface area contributed by atoms with E-state index in [0.717, 1.165) is 28.4 Å². The Morgan fingerprint density at radius 1 is 0.660 bits per heavy atom. The fourth-order valence-corrected chi connectivity index (χ4v) is 11.4. The highest BCUT2D eigenvalue weighted by Crippen LogP contribution is 2.32. The molecule has 0 spiro atoms. The third kappa shape index (κ3) is 35.2. The van der Waals surface area contributed by atoms with Crippen LogP contribution >= 0.6 is 11.3 Å². The molecule has 0 saturated carbocycles. The number of imide groups is 1. The van der Waals surface area contributed by atoms with Crippen LogP contribution in [0.2, 0.25) is 0 Å². The van der Waals surface area contributed by atoms with E-state index in [1.165, 1.54) is 31.4 Å². The van der Waals surface area contributed by atoms with Gasteiger partial charge in [0.1, 0.15) is 28.5 Å². The van der Waals surface area contributed by atoms with Gasteiger partial charge in [-0.15, -0.1) is 11.3 Å². The molecule has 0 radical (unpaired) electrons. The number of carboxylic acids is 2. The van der Waals surface area contributed by atoms with Gasteiger partial charge in [0, 0.05) is 102 Å². The van der Waals surface area contributed by atoms with Gasteiger partial charge in [-0.05, 0) is 102 Å². The van der Waals surface area contributed by atoms with Crippen molar-refractivity contribution < 1.29 is 106 Å². The SMILES string of the molecule is CC[C@H](C)[C@H](NC(=O)C(C)(C)N(C)C)C(=O)N(C)[C@H](C[C@@H](OC(C)=O)c1nc(C(=O)N[C@@H](Cc2ccc(O)c(NC(=O)CCCNC(=O)[C@H](CCCCNC(=O)CCOCCOCCNC(=O)CCOCCOCCOCCC(=O)O)NC(=O)CCCN3C(=O)C=CC3=O)c2)CC(C)C(=O)O)cs1)C(C)C. The molecule has 594 valence electrons. The van der Waals surface area contributed by atoms with Gasteiger partial charge in [-0.1, -0.05) is 47.1 Å². The van der Waals surface area contributed by atoms with Gasteiger partial charge in [-0.3, -0.25) is 72.1 Å².